The fourth-order valence-electron chi connectivity index (χ4n) is 3.38. The average Bonchev–Trinajstić information content (AvgIpc) is 2.72. The van der Waals surface area contributed by atoms with Gasteiger partial charge in [0.05, 0.1) is 10.5 Å². The van der Waals surface area contributed by atoms with Crippen LogP contribution in [0.5, 0.6) is 5.75 Å². The third-order valence-electron chi connectivity index (χ3n) is 4.94. The van der Waals surface area contributed by atoms with Crippen molar-refractivity contribution < 1.29 is 9.50 Å². The highest BCUT2D eigenvalue weighted by molar-refractivity contribution is 9.10. The first-order chi connectivity index (χ1) is 13.9. The molecule has 0 fully saturated rings. The summed E-state index contributed by atoms with van der Waals surface area (Å²) in [5.74, 6) is -0.0915. The summed E-state index contributed by atoms with van der Waals surface area (Å²) in [4.78, 5) is 0. The number of phenols is 1. The van der Waals surface area contributed by atoms with E-state index >= 15 is 0 Å². The molecule has 6 heteroatoms. The molecule has 4 rings (SSSR count). The van der Waals surface area contributed by atoms with E-state index in [1.165, 1.54) is 11.6 Å². The predicted octanol–water partition coefficient (Wildman–Crippen LogP) is 6.34. The van der Waals surface area contributed by atoms with E-state index in [9.17, 15) is 9.50 Å². The molecule has 0 amide bonds. The second kappa shape index (κ2) is 8.30. The number of rotatable bonds is 3. The lowest BCUT2D eigenvalue weighted by molar-refractivity contribution is 0.418. The second-order valence-electron chi connectivity index (χ2n) is 7.04. The number of aromatic hydroxyl groups is 1. The Hall–Kier alpha value is -2.15. The summed E-state index contributed by atoms with van der Waals surface area (Å²) in [6, 6.07) is 18.4. The van der Waals surface area contributed by atoms with E-state index < -0.39 is 0 Å². The van der Waals surface area contributed by atoms with Gasteiger partial charge in [0.15, 0.2) is 0 Å². The van der Waals surface area contributed by atoms with Crippen LogP contribution in [0, 0.1) is 12.7 Å². The largest absolute Gasteiger partial charge is 0.508 e. The van der Waals surface area contributed by atoms with Crippen LogP contribution in [-0.2, 0) is 0 Å². The van der Waals surface area contributed by atoms with Gasteiger partial charge in [0.25, 0.3) is 0 Å². The molecule has 3 aromatic rings. The summed E-state index contributed by atoms with van der Waals surface area (Å²) in [5, 5.41) is 17.4. The molecule has 148 valence electrons. The van der Waals surface area contributed by atoms with Gasteiger partial charge in [0, 0.05) is 15.7 Å². The summed E-state index contributed by atoms with van der Waals surface area (Å²) in [5.41, 5.74) is 4.82. The van der Waals surface area contributed by atoms with Crippen LogP contribution >= 0.6 is 31.9 Å². The molecule has 2 unspecified atom stereocenters. The van der Waals surface area contributed by atoms with Gasteiger partial charge in [0.2, 0.25) is 0 Å². The predicted molar refractivity (Wildman–Crippen MR) is 121 cm³/mol. The van der Waals surface area contributed by atoms with Crippen molar-refractivity contribution in [3.8, 4) is 5.75 Å². The van der Waals surface area contributed by atoms with Crippen LogP contribution in [0.4, 0.5) is 4.39 Å². The lowest BCUT2D eigenvalue weighted by Gasteiger charge is -2.33. The standard InChI is InChI=1S/C23H19Br2FN2O/c1-13-2-4-14(5-3-13)20-12-21(17-11-16(24)7-9-22(17)29)28-23(27-20)15-6-8-19(26)18(25)10-15/h2-12,21,23,27-29H,1H3. The van der Waals surface area contributed by atoms with Gasteiger partial charge in [-0.25, -0.2) is 4.39 Å². The number of phenolic OH excluding ortho intramolecular Hbond substituents is 1. The van der Waals surface area contributed by atoms with Crippen LogP contribution in [0.1, 0.15) is 34.5 Å². The zero-order valence-electron chi connectivity index (χ0n) is 15.6. The van der Waals surface area contributed by atoms with Gasteiger partial charge in [0.1, 0.15) is 17.7 Å². The van der Waals surface area contributed by atoms with Crippen LogP contribution < -0.4 is 10.6 Å². The van der Waals surface area contributed by atoms with Gasteiger partial charge in [-0.2, -0.15) is 0 Å². The van der Waals surface area contributed by atoms with Crippen molar-refractivity contribution in [1.82, 2.24) is 10.6 Å². The van der Waals surface area contributed by atoms with Crippen LogP contribution in [0.25, 0.3) is 5.70 Å². The lowest BCUT2D eigenvalue weighted by atomic mass is 9.97. The summed E-state index contributed by atoms with van der Waals surface area (Å²) in [7, 11) is 0. The van der Waals surface area contributed by atoms with Crippen molar-refractivity contribution in [3.05, 3.63) is 104 Å². The maximum atomic E-state index is 13.7. The molecule has 3 N–H and O–H groups in total. The number of hydrogen-bond donors (Lipinski definition) is 3. The van der Waals surface area contributed by atoms with Crippen LogP contribution in [0.3, 0.4) is 0 Å². The van der Waals surface area contributed by atoms with Crippen molar-refractivity contribution in [3.63, 3.8) is 0 Å². The molecule has 0 spiro atoms. The first kappa shape index (κ1) is 20.1. The van der Waals surface area contributed by atoms with E-state index in [4.69, 9.17) is 0 Å². The molecular weight excluding hydrogens is 499 g/mol. The maximum absolute atomic E-state index is 13.7. The summed E-state index contributed by atoms with van der Waals surface area (Å²) < 4.78 is 15.0. The molecule has 2 atom stereocenters. The smallest absolute Gasteiger partial charge is 0.137 e. The third kappa shape index (κ3) is 4.39. The Morgan fingerprint density at radius 1 is 0.966 bits per heavy atom. The molecule has 3 nitrogen and oxygen atoms in total. The van der Waals surface area contributed by atoms with Crippen LogP contribution in [-0.4, -0.2) is 5.11 Å². The molecule has 0 saturated heterocycles. The Balaban J connectivity index is 1.78. The quantitative estimate of drug-likeness (QED) is 0.380. The first-order valence-corrected chi connectivity index (χ1v) is 10.7. The number of benzene rings is 3. The molecule has 0 radical (unpaired) electrons. The Bertz CT molecular complexity index is 1080. The minimum Gasteiger partial charge on any atom is -0.508 e. The lowest BCUT2D eigenvalue weighted by Crippen LogP contribution is -2.39. The van der Waals surface area contributed by atoms with Crippen molar-refractivity contribution >= 4 is 37.6 Å². The maximum Gasteiger partial charge on any atom is 0.137 e. The molecule has 1 aliphatic rings. The number of nitrogens with one attached hydrogen (secondary N) is 2. The number of hydrogen-bond acceptors (Lipinski definition) is 3. The molecule has 29 heavy (non-hydrogen) atoms. The van der Waals surface area contributed by atoms with Gasteiger partial charge < -0.3 is 10.4 Å². The van der Waals surface area contributed by atoms with E-state index in [0.717, 1.165) is 26.9 Å². The zero-order valence-corrected chi connectivity index (χ0v) is 18.8. The van der Waals surface area contributed by atoms with E-state index in [1.807, 2.05) is 6.07 Å². The monoisotopic (exact) mass is 516 g/mol. The van der Waals surface area contributed by atoms with E-state index in [0.29, 0.717) is 4.47 Å². The summed E-state index contributed by atoms with van der Waals surface area (Å²) in [6.07, 6.45) is 1.79. The van der Waals surface area contributed by atoms with Gasteiger partial charge >= 0.3 is 0 Å². The molecule has 1 heterocycles. The van der Waals surface area contributed by atoms with Gasteiger partial charge in [-0.1, -0.05) is 51.8 Å². The number of aryl methyl sites for hydroxylation is 1. The van der Waals surface area contributed by atoms with Crippen molar-refractivity contribution in [2.45, 2.75) is 19.1 Å². The third-order valence-corrected chi connectivity index (χ3v) is 6.04. The van der Waals surface area contributed by atoms with Crippen LogP contribution in [0.2, 0.25) is 0 Å². The van der Waals surface area contributed by atoms with Crippen molar-refractivity contribution in [2.24, 2.45) is 0 Å². The first-order valence-electron chi connectivity index (χ1n) is 9.15. The summed E-state index contributed by atoms with van der Waals surface area (Å²) >= 11 is 6.76. The zero-order chi connectivity index (χ0) is 20.5. The van der Waals surface area contributed by atoms with E-state index in [1.54, 1.807) is 24.3 Å². The fraction of sp³-hybridized carbons (Fsp3) is 0.130. The SMILES string of the molecule is Cc1ccc(C2=CC(c3cc(Br)ccc3O)NC(c3ccc(F)c(Br)c3)N2)cc1. The minimum atomic E-state index is -0.306. The molecule has 0 aliphatic carbocycles. The van der Waals surface area contributed by atoms with E-state index in [-0.39, 0.29) is 23.8 Å². The molecule has 1 aliphatic heterocycles. The van der Waals surface area contributed by atoms with Crippen LogP contribution in [0.15, 0.2) is 75.7 Å². The molecular formula is C23H19Br2FN2O. The molecule has 0 bridgehead atoms. The van der Waals surface area contributed by atoms with Gasteiger partial charge in [-0.15, -0.1) is 0 Å². The summed E-state index contributed by atoms with van der Waals surface area (Å²) in [6.45, 7) is 2.05. The topological polar surface area (TPSA) is 44.3 Å². The highest BCUT2D eigenvalue weighted by atomic mass is 79.9. The second-order valence-corrected chi connectivity index (χ2v) is 8.81. The normalized spacial score (nSPS) is 18.8. The van der Waals surface area contributed by atoms with Gasteiger partial charge in [-0.05, 0) is 70.4 Å². The van der Waals surface area contributed by atoms with E-state index in [2.05, 4.69) is 79.8 Å². The number of halogens is 3. The Morgan fingerprint density at radius 2 is 1.72 bits per heavy atom. The minimum absolute atomic E-state index is 0.214. The highest BCUT2D eigenvalue weighted by Crippen LogP contribution is 2.35. The Kier molecular flexibility index (Phi) is 5.76. The van der Waals surface area contributed by atoms with Gasteiger partial charge in [-0.3, -0.25) is 5.32 Å². The molecule has 3 aromatic carbocycles. The Morgan fingerprint density at radius 3 is 2.45 bits per heavy atom. The van der Waals surface area contributed by atoms with Crippen molar-refractivity contribution in [1.29, 1.82) is 0 Å². The molecule has 0 aromatic heterocycles. The Labute approximate surface area is 185 Å². The van der Waals surface area contributed by atoms with Crippen molar-refractivity contribution in [2.75, 3.05) is 0 Å². The fourth-order valence-corrected chi connectivity index (χ4v) is 4.15. The highest BCUT2D eigenvalue weighted by Gasteiger charge is 2.26. The molecule has 0 saturated carbocycles. The average molecular weight is 518 g/mol.